The van der Waals surface area contributed by atoms with Gasteiger partial charge in [0.05, 0.1) is 0 Å². The highest BCUT2D eigenvalue weighted by Gasteiger charge is 2.45. The smallest absolute Gasteiger partial charge is 0.152 e. The molecule has 3 rings (SSSR count). The molecule has 3 aromatic carbocycles. The largest absolute Gasteiger partial charge is 0.380 e. The lowest BCUT2D eigenvalue weighted by molar-refractivity contribution is 0.252. The number of hydrogen-bond acceptors (Lipinski definition) is 2. The van der Waals surface area contributed by atoms with Gasteiger partial charge in [0.15, 0.2) is 7.14 Å². The summed E-state index contributed by atoms with van der Waals surface area (Å²) in [6, 6.07) is 23.1. The second-order valence-electron chi connectivity index (χ2n) is 7.11. The number of hydrogen-bond donors (Lipinski definition) is 1. The number of aliphatic hydroxyl groups excluding tert-OH is 1. The quantitative estimate of drug-likeness (QED) is 0.656. The fraction of sp³-hybridized carbons (Fsp3) is 0.238. The van der Waals surface area contributed by atoms with Crippen LogP contribution in [0.5, 0.6) is 0 Å². The molecule has 0 bridgehead atoms. The zero-order valence-corrected chi connectivity index (χ0v) is 15.2. The Kier molecular flexibility index (Phi) is 4.38. The summed E-state index contributed by atoms with van der Waals surface area (Å²) >= 11 is 0. The molecule has 0 saturated carbocycles. The van der Waals surface area contributed by atoms with Gasteiger partial charge in [-0.25, -0.2) is 0 Å². The highest BCUT2D eigenvalue weighted by molar-refractivity contribution is 7.73. The monoisotopic (exact) mass is 338 g/mol. The third-order valence-electron chi connectivity index (χ3n) is 4.58. The van der Waals surface area contributed by atoms with Crippen molar-refractivity contribution in [2.24, 2.45) is 0 Å². The fourth-order valence-corrected chi connectivity index (χ4v) is 6.24. The first kappa shape index (κ1) is 17.0. The van der Waals surface area contributed by atoms with Gasteiger partial charge in [0, 0.05) is 10.5 Å². The van der Waals surface area contributed by atoms with E-state index in [4.69, 9.17) is 0 Å². The van der Waals surface area contributed by atoms with E-state index in [-0.39, 0.29) is 0 Å². The highest BCUT2D eigenvalue weighted by atomic mass is 31.2. The first-order chi connectivity index (χ1) is 11.4. The predicted octanol–water partition coefficient (Wildman–Crippen LogP) is 5.32. The zero-order valence-electron chi connectivity index (χ0n) is 14.3. The Labute approximate surface area is 143 Å². The van der Waals surface area contributed by atoms with Crippen LogP contribution in [0.2, 0.25) is 0 Å². The summed E-state index contributed by atoms with van der Waals surface area (Å²) in [5, 5.41) is 13.4. The number of fused-ring (bicyclic) bond motifs is 1. The number of benzene rings is 3. The summed E-state index contributed by atoms with van der Waals surface area (Å²) < 4.78 is 14.1. The van der Waals surface area contributed by atoms with Crippen LogP contribution >= 0.6 is 7.14 Å². The van der Waals surface area contributed by atoms with Crippen molar-refractivity contribution in [2.75, 3.05) is 0 Å². The summed E-state index contributed by atoms with van der Waals surface area (Å²) in [5.74, 6) is -1.04. The molecule has 0 heterocycles. The Morgan fingerprint density at radius 1 is 0.833 bits per heavy atom. The van der Waals surface area contributed by atoms with Crippen LogP contribution in [0.4, 0.5) is 0 Å². The van der Waals surface area contributed by atoms with Gasteiger partial charge in [-0.3, -0.25) is 0 Å². The average Bonchev–Trinajstić information content (AvgIpc) is 2.59. The molecule has 0 fully saturated rings. The Bertz CT molecular complexity index is 889. The van der Waals surface area contributed by atoms with Crippen molar-refractivity contribution in [1.82, 2.24) is 0 Å². The molecule has 3 heteroatoms. The topological polar surface area (TPSA) is 37.3 Å². The van der Waals surface area contributed by atoms with Crippen LogP contribution in [0.15, 0.2) is 72.8 Å². The molecule has 0 aliphatic carbocycles. The van der Waals surface area contributed by atoms with Crippen molar-refractivity contribution in [3.05, 3.63) is 78.4 Å². The average molecular weight is 338 g/mol. The Morgan fingerprint density at radius 2 is 1.42 bits per heavy atom. The minimum atomic E-state index is -3.12. The van der Waals surface area contributed by atoms with Crippen molar-refractivity contribution in [1.29, 1.82) is 0 Å². The van der Waals surface area contributed by atoms with Crippen LogP contribution in [0.3, 0.4) is 0 Å². The van der Waals surface area contributed by atoms with E-state index in [2.05, 4.69) is 0 Å². The van der Waals surface area contributed by atoms with E-state index < -0.39 is 18.1 Å². The maximum Gasteiger partial charge on any atom is 0.152 e. The number of aliphatic hydroxyl groups is 1. The van der Waals surface area contributed by atoms with Crippen LogP contribution < -0.4 is 5.30 Å². The van der Waals surface area contributed by atoms with E-state index in [0.29, 0.717) is 0 Å². The lowest BCUT2D eigenvalue weighted by Crippen LogP contribution is -2.27. The standard InChI is InChI=1S/C21H23O2P/c1-21(2,3)24(23,17-12-5-4-6-13-17)20(22)19-15-9-11-16-10-7-8-14-18(16)19/h4-15,20,22H,1-3H3/t20?,24-/m0/s1. The van der Waals surface area contributed by atoms with E-state index in [9.17, 15) is 9.67 Å². The molecule has 1 unspecified atom stereocenters. The molecule has 0 aliphatic rings. The van der Waals surface area contributed by atoms with Gasteiger partial charge >= 0.3 is 0 Å². The zero-order chi connectivity index (χ0) is 17.4. The van der Waals surface area contributed by atoms with Gasteiger partial charge in [-0.05, 0) is 16.3 Å². The summed E-state index contributed by atoms with van der Waals surface area (Å²) in [7, 11) is -3.12. The molecular formula is C21H23O2P. The lowest BCUT2D eigenvalue weighted by atomic mass is 10.1. The lowest BCUT2D eigenvalue weighted by Gasteiger charge is -2.36. The highest BCUT2D eigenvalue weighted by Crippen LogP contribution is 2.66. The molecule has 2 nitrogen and oxygen atoms in total. The van der Waals surface area contributed by atoms with Gasteiger partial charge in [-0.1, -0.05) is 93.6 Å². The van der Waals surface area contributed by atoms with Gasteiger partial charge in [0.2, 0.25) is 0 Å². The molecule has 3 aromatic rings. The van der Waals surface area contributed by atoms with Crippen molar-refractivity contribution in [3.63, 3.8) is 0 Å². The molecule has 1 N–H and O–H groups in total. The predicted molar refractivity (Wildman–Crippen MR) is 102 cm³/mol. The molecule has 0 radical (unpaired) electrons. The molecule has 124 valence electrons. The normalized spacial score (nSPS) is 15.8. The summed E-state index contributed by atoms with van der Waals surface area (Å²) in [4.78, 5) is 0. The third kappa shape index (κ3) is 2.70. The van der Waals surface area contributed by atoms with Crippen molar-refractivity contribution in [3.8, 4) is 0 Å². The SMILES string of the molecule is CC(C)(C)[P@](=O)(c1ccccc1)C(O)c1cccc2ccccc12. The summed E-state index contributed by atoms with van der Waals surface area (Å²) in [5.41, 5.74) is 0.732. The second kappa shape index (κ2) is 6.20. The van der Waals surface area contributed by atoms with Crippen LogP contribution in [-0.4, -0.2) is 10.3 Å². The van der Waals surface area contributed by atoms with Gasteiger partial charge in [0.25, 0.3) is 0 Å². The van der Waals surface area contributed by atoms with Crippen LogP contribution in [0.25, 0.3) is 10.8 Å². The van der Waals surface area contributed by atoms with Gasteiger partial charge in [-0.2, -0.15) is 0 Å². The number of rotatable bonds is 3. The maximum absolute atomic E-state index is 14.1. The van der Waals surface area contributed by atoms with Crippen molar-refractivity contribution < 1.29 is 9.67 Å². The first-order valence-electron chi connectivity index (χ1n) is 8.17. The summed E-state index contributed by atoms with van der Waals surface area (Å²) in [6.45, 7) is 5.82. The molecule has 0 saturated heterocycles. The molecule has 0 aromatic heterocycles. The molecule has 2 atom stereocenters. The van der Waals surface area contributed by atoms with E-state index in [1.165, 1.54) is 0 Å². The Hall–Kier alpha value is -1.89. The molecule has 0 aliphatic heterocycles. The fourth-order valence-electron chi connectivity index (χ4n) is 3.22. The van der Waals surface area contributed by atoms with E-state index in [0.717, 1.165) is 21.6 Å². The summed E-state index contributed by atoms with van der Waals surface area (Å²) in [6.07, 6.45) is 0. The van der Waals surface area contributed by atoms with Gasteiger partial charge in [-0.15, -0.1) is 0 Å². The molecule has 0 amide bonds. The van der Waals surface area contributed by atoms with E-state index >= 15 is 0 Å². The molecule has 0 spiro atoms. The molecular weight excluding hydrogens is 315 g/mol. The minimum absolute atomic E-state index is 0.551. The van der Waals surface area contributed by atoms with Gasteiger partial charge < -0.3 is 9.67 Å². The van der Waals surface area contributed by atoms with E-state index in [1.807, 2.05) is 93.6 Å². The first-order valence-corrected chi connectivity index (χ1v) is 9.94. The van der Waals surface area contributed by atoms with Crippen molar-refractivity contribution >= 4 is 23.2 Å². The van der Waals surface area contributed by atoms with Crippen LogP contribution in [0, 0.1) is 0 Å². The third-order valence-corrected chi connectivity index (χ3v) is 8.61. The van der Waals surface area contributed by atoms with Gasteiger partial charge in [0.1, 0.15) is 5.85 Å². The van der Waals surface area contributed by atoms with Crippen molar-refractivity contribution in [2.45, 2.75) is 31.8 Å². The van der Waals surface area contributed by atoms with Crippen LogP contribution in [0.1, 0.15) is 32.2 Å². The maximum atomic E-state index is 14.1. The van der Waals surface area contributed by atoms with Crippen LogP contribution in [-0.2, 0) is 4.57 Å². The Balaban J connectivity index is 2.24. The Morgan fingerprint density at radius 3 is 2.08 bits per heavy atom. The second-order valence-corrected chi connectivity index (χ2v) is 10.8. The molecule has 24 heavy (non-hydrogen) atoms. The van der Waals surface area contributed by atoms with E-state index in [1.54, 1.807) is 0 Å². The minimum Gasteiger partial charge on any atom is -0.380 e.